The second kappa shape index (κ2) is 8.66. The summed E-state index contributed by atoms with van der Waals surface area (Å²) in [6, 6.07) is 16.8. The number of hydrogen-bond acceptors (Lipinski definition) is 4. The zero-order valence-electron chi connectivity index (χ0n) is 11.9. The number of non-ortho nitro benzene ring substituents is 1. The molecule has 0 fully saturated rings. The molecule has 2 rings (SSSR count). The van der Waals surface area contributed by atoms with Crippen LogP contribution in [0.1, 0.15) is 5.56 Å². The summed E-state index contributed by atoms with van der Waals surface area (Å²) in [4.78, 5) is 10.2. The highest BCUT2D eigenvalue weighted by Gasteiger charge is 2.09. The number of benzene rings is 2. The van der Waals surface area contributed by atoms with E-state index >= 15 is 0 Å². The average Bonchev–Trinajstić information content (AvgIpc) is 2.55. The van der Waals surface area contributed by atoms with E-state index in [4.69, 9.17) is 11.6 Å². The summed E-state index contributed by atoms with van der Waals surface area (Å²) in [6.45, 7) is 0. The van der Waals surface area contributed by atoms with Crippen LogP contribution < -0.4 is 5.32 Å². The summed E-state index contributed by atoms with van der Waals surface area (Å²) in [6.07, 6.45) is 0. The average molecular weight is 337 g/mol. The van der Waals surface area contributed by atoms with Crippen LogP contribution in [0.15, 0.2) is 54.6 Å². The Hall–Kier alpha value is -1.72. The van der Waals surface area contributed by atoms with Gasteiger partial charge in [-0.15, -0.1) is 11.6 Å². The van der Waals surface area contributed by atoms with Gasteiger partial charge in [0, 0.05) is 41.2 Å². The molecule has 1 unspecified atom stereocenters. The largest absolute Gasteiger partial charge is 0.380 e. The molecule has 4 nitrogen and oxygen atoms in total. The molecule has 0 radical (unpaired) electrons. The number of nitrogens with one attached hydrogen (secondary N) is 1. The molecule has 116 valence electrons. The Morgan fingerprint density at radius 3 is 2.41 bits per heavy atom. The number of nitrogens with zero attached hydrogens (tertiary/aromatic N) is 1. The first-order valence-electron chi connectivity index (χ1n) is 6.87. The smallest absolute Gasteiger partial charge is 0.269 e. The molecular weight excluding hydrogens is 320 g/mol. The maximum absolute atomic E-state index is 10.6. The van der Waals surface area contributed by atoms with Crippen molar-refractivity contribution in [3.05, 3.63) is 70.3 Å². The van der Waals surface area contributed by atoms with Gasteiger partial charge in [-0.3, -0.25) is 10.1 Å². The Bertz CT molecular complexity index is 593. The fourth-order valence-corrected chi connectivity index (χ4v) is 3.28. The monoisotopic (exact) mass is 336 g/mol. The van der Waals surface area contributed by atoms with E-state index in [0.717, 1.165) is 17.2 Å². The first-order chi connectivity index (χ1) is 10.7. The normalized spacial score (nSPS) is 11.9. The second-order valence-electron chi connectivity index (χ2n) is 4.80. The maximum Gasteiger partial charge on any atom is 0.269 e. The Labute approximate surface area is 139 Å². The zero-order valence-corrected chi connectivity index (χ0v) is 13.5. The summed E-state index contributed by atoms with van der Waals surface area (Å²) in [7, 11) is 0. The molecule has 2 aromatic rings. The molecule has 0 aromatic heterocycles. The lowest BCUT2D eigenvalue weighted by Gasteiger charge is -2.17. The first-order valence-corrected chi connectivity index (χ1v) is 8.56. The summed E-state index contributed by atoms with van der Waals surface area (Å²) in [5.74, 6) is 2.30. The highest BCUT2D eigenvalue weighted by atomic mass is 35.5. The Morgan fingerprint density at radius 2 is 1.82 bits per heavy atom. The van der Waals surface area contributed by atoms with E-state index in [1.807, 2.05) is 30.0 Å². The molecule has 0 aliphatic carbocycles. The number of alkyl halides is 1. The standard InChI is InChI=1S/C16H17ClN2O2S/c17-10-15(12-22-11-13-4-2-1-3-5-13)18-14-6-8-16(9-7-14)19(20)21/h1-9,15,18H,10-12H2. The van der Waals surface area contributed by atoms with Crippen LogP contribution in [0.3, 0.4) is 0 Å². The minimum absolute atomic E-state index is 0.0893. The molecule has 1 atom stereocenters. The summed E-state index contributed by atoms with van der Waals surface area (Å²) < 4.78 is 0. The topological polar surface area (TPSA) is 55.2 Å². The van der Waals surface area contributed by atoms with Crippen LogP contribution in [0.5, 0.6) is 0 Å². The van der Waals surface area contributed by atoms with Gasteiger partial charge in [-0.05, 0) is 17.7 Å². The van der Waals surface area contributed by atoms with Gasteiger partial charge in [0.05, 0.1) is 4.92 Å². The van der Waals surface area contributed by atoms with E-state index in [9.17, 15) is 10.1 Å². The molecule has 0 aliphatic heterocycles. The van der Waals surface area contributed by atoms with Crippen molar-refractivity contribution >= 4 is 34.7 Å². The summed E-state index contributed by atoms with van der Waals surface area (Å²) >= 11 is 7.81. The van der Waals surface area contributed by atoms with Gasteiger partial charge in [0.25, 0.3) is 5.69 Å². The zero-order chi connectivity index (χ0) is 15.8. The van der Waals surface area contributed by atoms with Crippen LogP contribution in [-0.2, 0) is 5.75 Å². The fourth-order valence-electron chi connectivity index (χ4n) is 1.93. The SMILES string of the molecule is O=[N+]([O-])c1ccc(NC(CCl)CSCc2ccccc2)cc1. The molecule has 0 saturated heterocycles. The number of nitro benzene ring substituents is 1. The first kappa shape index (κ1) is 16.6. The van der Waals surface area contributed by atoms with Crippen LogP contribution in [0, 0.1) is 10.1 Å². The predicted molar refractivity (Wildman–Crippen MR) is 93.8 cm³/mol. The second-order valence-corrected chi connectivity index (χ2v) is 6.14. The van der Waals surface area contributed by atoms with E-state index in [1.165, 1.54) is 17.7 Å². The molecule has 22 heavy (non-hydrogen) atoms. The van der Waals surface area contributed by atoms with E-state index in [0.29, 0.717) is 5.88 Å². The minimum Gasteiger partial charge on any atom is -0.380 e. The van der Waals surface area contributed by atoms with Crippen LogP contribution in [0.4, 0.5) is 11.4 Å². The number of anilines is 1. The lowest BCUT2D eigenvalue weighted by Crippen LogP contribution is -2.24. The maximum atomic E-state index is 10.6. The van der Waals surface area contributed by atoms with Crippen molar-refractivity contribution in [1.82, 2.24) is 0 Å². The van der Waals surface area contributed by atoms with E-state index in [1.54, 1.807) is 12.1 Å². The van der Waals surface area contributed by atoms with E-state index < -0.39 is 4.92 Å². The quantitative estimate of drug-likeness (QED) is 0.436. The van der Waals surface area contributed by atoms with Crippen molar-refractivity contribution in [1.29, 1.82) is 0 Å². The third-order valence-corrected chi connectivity index (χ3v) is 4.61. The lowest BCUT2D eigenvalue weighted by atomic mass is 10.2. The number of halogens is 1. The molecule has 0 spiro atoms. The number of hydrogen-bond donors (Lipinski definition) is 1. The van der Waals surface area contributed by atoms with Crippen molar-refractivity contribution in [3.63, 3.8) is 0 Å². The minimum atomic E-state index is -0.404. The van der Waals surface area contributed by atoms with Crippen LogP contribution in [0.2, 0.25) is 0 Å². The number of rotatable bonds is 8. The van der Waals surface area contributed by atoms with E-state index in [-0.39, 0.29) is 11.7 Å². The third kappa shape index (κ3) is 5.24. The van der Waals surface area contributed by atoms with Crippen molar-refractivity contribution in [2.45, 2.75) is 11.8 Å². The highest BCUT2D eigenvalue weighted by molar-refractivity contribution is 7.98. The number of nitro groups is 1. The van der Waals surface area contributed by atoms with Gasteiger partial charge < -0.3 is 5.32 Å². The van der Waals surface area contributed by atoms with Gasteiger partial charge in [0.1, 0.15) is 0 Å². The third-order valence-electron chi connectivity index (χ3n) is 3.07. The summed E-state index contributed by atoms with van der Waals surface area (Å²) in [5, 5.41) is 13.9. The molecule has 0 amide bonds. The molecule has 0 heterocycles. The van der Waals surface area contributed by atoms with Gasteiger partial charge >= 0.3 is 0 Å². The molecule has 0 aliphatic rings. The molecule has 0 saturated carbocycles. The van der Waals surface area contributed by atoms with E-state index in [2.05, 4.69) is 17.4 Å². The number of thioether (sulfide) groups is 1. The molecule has 6 heteroatoms. The van der Waals surface area contributed by atoms with Gasteiger partial charge in [-0.2, -0.15) is 11.8 Å². The fraction of sp³-hybridized carbons (Fsp3) is 0.250. The highest BCUT2D eigenvalue weighted by Crippen LogP contribution is 2.19. The predicted octanol–water partition coefficient (Wildman–Crippen LogP) is 4.55. The Balaban J connectivity index is 1.82. The molecule has 2 aromatic carbocycles. The molecule has 1 N–H and O–H groups in total. The van der Waals surface area contributed by atoms with Crippen molar-refractivity contribution in [3.8, 4) is 0 Å². The lowest BCUT2D eigenvalue weighted by molar-refractivity contribution is -0.384. The van der Waals surface area contributed by atoms with Crippen LogP contribution in [0.25, 0.3) is 0 Å². The van der Waals surface area contributed by atoms with Crippen molar-refractivity contribution < 1.29 is 4.92 Å². The van der Waals surface area contributed by atoms with Gasteiger partial charge in [0.2, 0.25) is 0 Å². The molecule has 0 bridgehead atoms. The Morgan fingerprint density at radius 1 is 1.14 bits per heavy atom. The Kier molecular flexibility index (Phi) is 6.55. The van der Waals surface area contributed by atoms with Crippen LogP contribution in [-0.4, -0.2) is 22.6 Å². The summed E-state index contributed by atoms with van der Waals surface area (Å²) in [5.41, 5.74) is 2.22. The van der Waals surface area contributed by atoms with Crippen molar-refractivity contribution in [2.24, 2.45) is 0 Å². The van der Waals surface area contributed by atoms with Gasteiger partial charge in [0.15, 0.2) is 0 Å². The van der Waals surface area contributed by atoms with Crippen molar-refractivity contribution in [2.75, 3.05) is 16.9 Å². The molecular formula is C16H17ClN2O2S. The van der Waals surface area contributed by atoms with Crippen LogP contribution >= 0.6 is 23.4 Å². The van der Waals surface area contributed by atoms with Gasteiger partial charge in [-0.1, -0.05) is 30.3 Å². The van der Waals surface area contributed by atoms with Gasteiger partial charge in [-0.25, -0.2) is 0 Å².